The van der Waals surface area contributed by atoms with Gasteiger partial charge in [-0.3, -0.25) is 4.79 Å². The van der Waals surface area contributed by atoms with Crippen LogP contribution in [0.1, 0.15) is 22.5 Å². The number of piperidine rings is 1. The van der Waals surface area contributed by atoms with Gasteiger partial charge in [0.05, 0.1) is 13.3 Å². The molecule has 0 atom stereocenters. The first-order chi connectivity index (χ1) is 13.7. The molecule has 1 aliphatic rings. The van der Waals surface area contributed by atoms with Gasteiger partial charge in [0.15, 0.2) is 0 Å². The topological polar surface area (TPSA) is 67.3 Å². The lowest BCUT2D eigenvalue weighted by Gasteiger charge is -2.33. The zero-order valence-corrected chi connectivity index (χ0v) is 16.5. The molecule has 6 nitrogen and oxygen atoms in total. The molecule has 3 aromatic rings. The molecule has 1 amide bonds. The monoisotopic (exact) mass is 394 g/mol. The molecule has 0 unspecified atom stereocenters. The predicted octanol–water partition coefficient (Wildman–Crippen LogP) is 3.61. The summed E-state index contributed by atoms with van der Waals surface area (Å²) >= 11 is 1.41. The Labute approximate surface area is 168 Å². The van der Waals surface area contributed by atoms with Gasteiger partial charge in [-0.2, -0.15) is 0 Å². The van der Waals surface area contributed by atoms with Crippen LogP contribution in [0.25, 0.3) is 10.6 Å². The van der Waals surface area contributed by atoms with E-state index in [1.807, 2.05) is 48.7 Å². The number of amides is 1. The third kappa shape index (κ3) is 4.14. The Bertz CT molecular complexity index is 919. The van der Waals surface area contributed by atoms with E-state index in [1.54, 1.807) is 13.3 Å². The second-order valence-electron chi connectivity index (χ2n) is 6.68. The van der Waals surface area contributed by atoms with E-state index in [1.165, 1.54) is 11.3 Å². The minimum atomic E-state index is -0.0476. The van der Waals surface area contributed by atoms with E-state index in [0.717, 1.165) is 48.1 Å². The number of pyridine rings is 1. The Kier molecular flexibility index (Phi) is 5.53. The lowest BCUT2D eigenvalue weighted by atomic mass is 10.0. The van der Waals surface area contributed by atoms with E-state index in [9.17, 15) is 4.79 Å². The zero-order valence-electron chi connectivity index (χ0n) is 15.7. The van der Waals surface area contributed by atoms with Crippen LogP contribution in [0.15, 0.2) is 54.9 Å². The van der Waals surface area contributed by atoms with Crippen LogP contribution in [0.4, 0.5) is 5.82 Å². The average molecular weight is 395 g/mol. The summed E-state index contributed by atoms with van der Waals surface area (Å²) in [7, 11) is 1.64. The lowest BCUT2D eigenvalue weighted by molar-refractivity contribution is 0.0935. The second kappa shape index (κ2) is 8.39. The number of benzene rings is 1. The summed E-state index contributed by atoms with van der Waals surface area (Å²) in [5.74, 6) is 1.75. The van der Waals surface area contributed by atoms with Crippen molar-refractivity contribution in [3.63, 3.8) is 0 Å². The molecule has 7 heteroatoms. The van der Waals surface area contributed by atoms with Crippen LogP contribution in [0.2, 0.25) is 0 Å². The highest BCUT2D eigenvalue weighted by atomic mass is 32.1. The van der Waals surface area contributed by atoms with Gasteiger partial charge in [-0.1, -0.05) is 6.07 Å². The highest BCUT2D eigenvalue weighted by Gasteiger charge is 2.22. The molecule has 0 radical (unpaired) electrons. The maximum atomic E-state index is 12.6. The van der Waals surface area contributed by atoms with Crippen molar-refractivity contribution in [2.45, 2.75) is 18.9 Å². The summed E-state index contributed by atoms with van der Waals surface area (Å²) in [6.45, 7) is 1.78. The first-order valence-electron chi connectivity index (χ1n) is 9.30. The third-order valence-corrected chi connectivity index (χ3v) is 5.92. The number of carbonyl (C=O) groups excluding carboxylic acids is 1. The number of nitrogens with one attached hydrogen (secondary N) is 1. The molecule has 1 aliphatic heterocycles. The fourth-order valence-corrected chi connectivity index (χ4v) is 4.12. The molecule has 1 N–H and O–H groups in total. The number of hydrogen-bond acceptors (Lipinski definition) is 6. The number of nitrogens with zero attached hydrogens (tertiary/aromatic N) is 3. The molecule has 0 spiro atoms. The first-order valence-corrected chi connectivity index (χ1v) is 10.1. The van der Waals surface area contributed by atoms with E-state index in [-0.39, 0.29) is 11.9 Å². The van der Waals surface area contributed by atoms with Gasteiger partial charge < -0.3 is 15.0 Å². The van der Waals surface area contributed by atoms with Crippen LogP contribution >= 0.6 is 11.3 Å². The number of methoxy groups -OCH3 is 1. The Balaban J connectivity index is 1.34. The summed E-state index contributed by atoms with van der Waals surface area (Å²) in [5, 5.41) is 3.99. The molecule has 0 bridgehead atoms. The Hall–Kier alpha value is -2.93. The van der Waals surface area contributed by atoms with Crippen molar-refractivity contribution in [2.75, 3.05) is 25.1 Å². The number of aromatic nitrogens is 2. The van der Waals surface area contributed by atoms with Crippen molar-refractivity contribution < 1.29 is 9.53 Å². The van der Waals surface area contributed by atoms with Crippen LogP contribution < -0.4 is 15.0 Å². The fraction of sp³-hybridized carbons (Fsp3) is 0.286. The number of hydrogen-bond donors (Lipinski definition) is 1. The number of ether oxygens (including phenoxy) is 1. The number of anilines is 1. The molecule has 1 fully saturated rings. The van der Waals surface area contributed by atoms with Crippen molar-refractivity contribution in [2.24, 2.45) is 0 Å². The SMILES string of the molecule is COc1ccc(-c2ncc(C(=O)NC3CCN(c4ccccn4)CC3)s2)cc1. The Morgan fingerprint density at radius 3 is 2.61 bits per heavy atom. The summed E-state index contributed by atoms with van der Waals surface area (Å²) < 4.78 is 5.18. The molecule has 0 saturated carbocycles. The molecule has 3 heterocycles. The van der Waals surface area contributed by atoms with Gasteiger partial charge in [-0.15, -0.1) is 11.3 Å². The highest BCUT2D eigenvalue weighted by molar-refractivity contribution is 7.16. The molecule has 144 valence electrons. The Morgan fingerprint density at radius 2 is 1.93 bits per heavy atom. The van der Waals surface area contributed by atoms with Gasteiger partial charge in [0.1, 0.15) is 21.5 Å². The summed E-state index contributed by atoms with van der Waals surface area (Å²) in [5.41, 5.74) is 0.980. The summed E-state index contributed by atoms with van der Waals surface area (Å²) in [6.07, 6.45) is 5.29. The van der Waals surface area contributed by atoms with Crippen molar-refractivity contribution in [3.8, 4) is 16.3 Å². The molecule has 4 rings (SSSR count). The third-order valence-electron chi connectivity index (χ3n) is 4.87. The molecule has 0 aliphatic carbocycles. The zero-order chi connectivity index (χ0) is 19.3. The quantitative estimate of drug-likeness (QED) is 0.716. The molecule has 2 aromatic heterocycles. The smallest absolute Gasteiger partial charge is 0.263 e. The molecule has 28 heavy (non-hydrogen) atoms. The standard InChI is InChI=1S/C21H22N4O2S/c1-27-17-7-5-15(6-8-17)21-23-14-18(28-21)20(26)24-16-9-12-25(13-10-16)19-4-2-3-11-22-19/h2-8,11,14,16H,9-10,12-13H2,1H3,(H,24,26). The lowest BCUT2D eigenvalue weighted by Crippen LogP contribution is -2.44. The van der Waals surface area contributed by atoms with E-state index in [0.29, 0.717) is 4.88 Å². The van der Waals surface area contributed by atoms with Gasteiger partial charge in [0.2, 0.25) is 0 Å². The second-order valence-corrected chi connectivity index (χ2v) is 7.71. The predicted molar refractivity (Wildman–Crippen MR) is 111 cm³/mol. The van der Waals surface area contributed by atoms with Crippen LogP contribution in [0.3, 0.4) is 0 Å². The van der Waals surface area contributed by atoms with Crippen molar-refractivity contribution in [1.82, 2.24) is 15.3 Å². The molecule has 1 aromatic carbocycles. The van der Waals surface area contributed by atoms with Crippen LogP contribution in [-0.2, 0) is 0 Å². The Morgan fingerprint density at radius 1 is 1.14 bits per heavy atom. The van der Waals surface area contributed by atoms with Crippen molar-refractivity contribution in [3.05, 3.63) is 59.7 Å². The van der Waals surface area contributed by atoms with Crippen molar-refractivity contribution >= 4 is 23.1 Å². The highest BCUT2D eigenvalue weighted by Crippen LogP contribution is 2.27. The van der Waals surface area contributed by atoms with Crippen LogP contribution in [0, 0.1) is 0 Å². The first kappa shape index (κ1) is 18.4. The van der Waals surface area contributed by atoms with Crippen molar-refractivity contribution in [1.29, 1.82) is 0 Å². The largest absolute Gasteiger partial charge is 0.497 e. The number of thiazole rings is 1. The molecular weight excluding hydrogens is 372 g/mol. The molecule has 1 saturated heterocycles. The fourth-order valence-electron chi connectivity index (χ4n) is 3.30. The van der Waals surface area contributed by atoms with Gasteiger partial charge in [-0.05, 0) is 49.2 Å². The van der Waals surface area contributed by atoms with E-state index in [2.05, 4.69) is 20.2 Å². The van der Waals surface area contributed by atoms with Gasteiger partial charge >= 0.3 is 0 Å². The summed E-state index contributed by atoms with van der Waals surface area (Å²) in [4.78, 5) is 24.3. The van der Waals surface area contributed by atoms with Gasteiger partial charge in [0.25, 0.3) is 5.91 Å². The maximum Gasteiger partial charge on any atom is 0.263 e. The maximum absolute atomic E-state index is 12.6. The van der Waals surface area contributed by atoms with E-state index < -0.39 is 0 Å². The minimum absolute atomic E-state index is 0.0476. The average Bonchev–Trinajstić information content (AvgIpc) is 3.25. The minimum Gasteiger partial charge on any atom is -0.497 e. The van der Waals surface area contributed by atoms with Gasteiger partial charge in [0, 0.05) is 30.9 Å². The summed E-state index contributed by atoms with van der Waals surface area (Å²) in [6, 6.07) is 13.8. The van der Waals surface area contributed by atoms with Crippen LogP contribution in [0.5, 0.6) is 5.75 Å². The van der Waals surface area contributed by atoms with E-state index >= 15 is 0 Å². The van der Waals surface area contributed by atoms with Gasteiger partial charge in [-0.25, -0.2) is 9.97 Å². The number of carbonyl (C=O) groups is 1. The normalized spacial score (nSPS) is 14.7. The van der Waals surface area contributed by atoms with E-state index in [4.69, 9.17) is 4.74 Å². The van der Waals surface area contributed by atoms with Crippen LogP contribution in [-0.4, -0.2) is 42.1 Å². The number of rotatable bonds is 5. The molecular formula is C21H22N4O2S.